The standard InChI is InChI=1S/C24H17BrN2O5/c1-15-6-9-18(13-21(15)27(29)30)23-26-20(24(28)32-23)12-17-4-2-3-5-22(17)31-14-16-7-10-19(25)11-8-16/h2-13H,14H2,1H3/b20-12-. The van der Waals surface area contributed by atoms with Crippen molar-refractivity contribution < 1.29 is 19.2 Å². The van der Waals surface area contributed by atoms with Gasteiger partial charge in [-0.3, -0.25) is 10.1 Å². The molecule has 160 valence electrons. The number of ether oxygens (including phenoxy) is 2. The van der Waals surface area contributed by atoms with Gasteiger partial charge < -0.3 is 9.47 Å². The largest absolute Gasteiger partial charge is 0.488 e. The van der Waals surface area contributed by atoms with E-state index >= 15 is 0 Å². The van der Waals surface area contributed by atoms with Crippen LogP contribution >= 0.6 is 15.9 Å². The van der Waals surface area contributed by atoms with Crippen molar-refractivity contribution in [2.45, 2.75) is 13.5 Å². The number of nitro benzene ring substituents is 1. The van der Waals surface area contributed by atoms with Crippen molar-refractivity contribution in [1.82, 2.24) is 0 Å². The van der Waals surface area contributed by atoms with Crippen molar-refractivity contribution in [3.63, 3.8) is 0 Å². The van der Waals surface area contributed by atoms with Gasteiger partial charge in [-0.1, -0.05) is 52.3 Å². The molecule has 0 aliphatic carbocycles. The van der Waals surface area contributed by atoms with Gasteiger partial charge in [0.2, 0.25) is 5.90 Å². The highest BCUT2D eigenvalue weighted by atomic mass is 79.9. The molecule has 0 spiro atoms. The summed E-state index contributed by atoms with van der Waals surface area (Å²) >= 11 is 3.41. The quantitative estimate of drug-likeness (QED) is 0.193. The maximum absolute atomic E-state index is 12.4. The molecular weight excluding hydrogens is 476 g/mol. The maximum atomic E-state index is 12.4. The number of cyclic esters (lactones) is 1. The van der Waals surface area contributed by atoms with E-state index in [1.165, 1.54) is 6.07 Å². The number of carbonyl (C=O) groups excluding carboxylic acids is 1. The predicted molar refractivity (Wildman–Crippen MR) is 123 cm³/mol. The fourth-order valence-corrected chi connectivity index (χ4v) is 3.36. The van der Waals surface area contributed by atoms with Crippen molar-refractivity contribution in [2.75, 3.05) is 0 Å². The monoisotopic (exact) mass is 492 g/mol. The highest BCUT2D eigenvalue weighted by Crippen LogP contribution is 2.27. The number of esters is 1. The zero-order valence-corrected chi connectivity index (χ0v) is 18.5. The van der Waals surface area contributed by atoms with Crippen LogP contribution in [0.3, 0.4) is 0 Å². The number of para-hydroxylation sites is 1. The molecule has 4 rings (SSSR count). The molecule has 0 amide bonds. The van der Waals surface area contributed by atoms with Gasteiger partial charge in [0.25, 0.3) is 5.69 Å². The molecule has 32 heavy (non-hydrogen) atoms. The molecule has 0 aromatic heterocycles. The van der Waals surface area contributed by atoms with E-state index in [4.69, 9.17) is 9.47 Å². The van der Waals surface area contributed by atoms with Crippen molar-refractivity contribution in [2.24, 2.45) is 4.99 Å². The molecule has 1 heterocycles. The summed E-state index contributed by atoms with van der Waals surface area (Å²) in [6.45, 7) is 2.00. The van der Waals surface area contributed by atoms with E-state index in [0.29, 0.717) is 29.0 Å². The molecule has 0 saturated heterocycles. The van der Waals surface area contributed by atoms with Gasteiger partial charge in [0.1, 0.15) is 12.4 Å². The molecule has 0 saturated carbocycles. The van der Waals surface area contributed by atoms with Crippen LogP contribution in [0.5, 0.6) is 5.75 Å². The van der Waals surface area contributed by atoms with E-state index < -0.39 is 10.9 Å². The number of nitrogens with zero attached hydrogens (tertiary/aromatic N) is 2. The van der Waals surface area contributed by atoms with Crippen LogP contribution in [0, 0.1) is 17.0 Å². The highest BCUT2D eigenvalue weighted by Gasteiger charge is 2.26. The Hall–Kier alpha value is -3.78. The molecule has 0 bridgehead atoms. The van der Waals surface area contributed by atoms with E-state index in [1.807, 2.05) is 36.4 Å². The van der Waals surface area contributed by atoms with Crippen LogP contribution < -0.4 is 4.74 Å². The van der Waals surface area contributed by atoms with Crippen LogP contribution in [0.2, 0.25) is 0 Å². The Labute approximate surface area is 192 Å². The van der Waals surface area contributed by atoms with Crippen molar-refractivity contribution >= 4 is 39.6 Å². The third kappa shape index (κ3) is 4.76. The molecular formula is C24H17BrN2O5. The summed E-state index contributed by atoms with van der Waals surface area (Å²) < 4.78 is 12.2. The number of aryl methyl sites for hydroxylation is 1. The van der Waals surface area contributed by atoms with Gasteiger partial charge in [0.15, 0.2) is 5.70 Å². The van der Waals surface area contributed by atoms with E-state index in [2.05, 4.69) is 20.9 Å². The lowest BCUT2D eigenvalue weighted by molar-refractivity contribution is -0.385. The molecule has 0 fully saturated rings. The average molecular weight is 493 g/mol. The minimum absolute atomic E-state index is 0.0256. The summed E-state index contributed by atoms with van der Waals surface area (Å²) in [5, 5.41) is 11.2. The number of hydrogen-bond donors (Lipinski definition) is 0. The molecule has 7 nitrogen and oxygen atoms in total. The van der Waals surface area contributed by atoms with E-state index in [0.717, 1.165) is 10.0 Å². The number of nitro groups is 1. The van der Waals surface area contributed by atoms with Crippen molar-refractivity contribution in [3.05, 3.63) is 109 Å². The van der Waals surface area contributed by atoms with Crippen LogP contribution in [0.1, 0.15) is 22.3 Å². The zero-order chi connectivity index (χ0) is 22.7. The van der Waals surface area contributed by atoms with Crippen LogP contribution in [0.25, 0.3) is 6.08 Å². The summed E-state index contributed by atoms with van der Waals surface area (Å²) in [7, 11) is 0. The number of benzene rings is 3. The van der Waals surface area contributed by atoms with Crippen LogP contribution in [-0.2, 0) is 16.1 Å². The van der Waals surface area contributed by atoms with Crippen LogP contribution in [0.15, 0.2) is 81.9 Å². The van der Waals surface area contributed by atoms with Gasteiger partial charge >= 0.3 is 5.97 Å². The van der Waals surface area contributed by atoms with Crippen LogP contribution in [-0.4, -0.2) is 16.8 Å². The lowest BCUT2D eigenvalue weighted by atomic mass is 10.1. The summed E-state index contributed by atoms with van der Waals surface area (Å²) in [5.41, 5.74) is 2.55. The minimum Gasteiger partial charge on any atom is -0.488 e. The second kappa shape index (κ2) is 9.15. The molecule has 0 atom stereocenters. The van der Waals surface area contributed by atoms with Gasteiger partial charge in [-0.25, -0.2) is 9.79 Å². The Morgan fingerprint density at radius 3 is 2.62 bits per heavy atom. The average Bonchev–Trinajstić information content (AvgIpc) is 3.14. The minimum atomic E-state index is -0.633. The highest BCUT2D eigenvalue weighted by molar-refractivity contribution is 9.10. The summed E-state index contributed by atoms with van der Waals surface area (Å²) in [6.07, 6.45) is 1.58. The predicted octanol–water partition coefficient (Wildman–Crippen LogP) is 5.59. The number of rotatable bonds is 6. The molecule has 0 unspecified atom stereocenters. The van der Waals surface area contributed by atoms with Gasteiger partial charge in [0, 0.05) is 27.2 Å². The molecule has 0 radical (unpaired) electrons. The Kier molecular flexibility index (Phi) is 6.13. The second-order valence-corrected chi connectivity index (χ2v) is 7.96. The summed E-state index contributed by atoms with van der Waals surface area (Å²) in [5.74, 6) is -0.0195. The molecule has 1 aliphatic rings. The molecule has 3 aromatic carbocycles. The van der Waals surface area contributed by atoms with Crippen molar-refractivity contribution in [3.8, 4) is 5.75 Å². The fourth-order valence-electron chi connectivity index (χ4n) is 3.09. The zero-order valence-electron chi connectivity index (χ0n) is 16.9. The Morgan fingerprint density at radius 2 is 1.88 bits per heavy atom. The molecule has 0 N–H and O–H groups in total. The summed E-state index contributed by atoms with van der Waals surface area (Å²) in [4.78, 5) is 27.4. The Bertz CT molecular complexity index is 1270. The third-order valence-electron chi connectivity index (χ3n) is 4.79. The maximum Gasteiger partial charge on any atom is 0.363 e. The number of hydrogen-bond acceptors (Lipinski definition) is 6. The topological polar surface area (TPSA) is 91.0 Å². The van der Waals surface area contributed by atoms with Crippen LogP contribution in [0.4, 0.5) is 5.69 Å². The van der Waals surface area contributed by atoms with E-state index in [1.54, 1.807) is 37.3 Å². The molecule has 3 aromatic rings. The first kappa shape index (κ1) is 21.5. The third-order valence-corrected chi connectivity index (χ3v) is 5.32. The van der Waals surface area contributed by atoms with Crippen molar-refractivity contribution in [1.29, 1.82) is 0 Å². The second-order valence-electron chi connectivity index (χ2n) is 7.05. The van der Waals surface area contributed by atoms with Gasteiger partial charge in [0.05, 0.1) is 4.92 Å². The van der Waals surface area contributed by atoms with Gasteiger partial charge in [-0.2, -0.15) is 0 Å². The Balaban J connectivity index is 1.59. The number of aliphatic imine (C=N–C) groups is 1. The normalized spacial score (nSPS) is 14.2. The van der Waals surface area contributed by atoms with Gasteiger partial charge in [-0.05, 0) is 42.8 Å². The van der Waals surface area contributed by atoms with E-state index in [9.17, 15) is 14.9 Å². The SMILES string of the molecule is Cc1ccc(C2=N/C(=C\c3ccccc3OCc3ccc(Br)cc3)C(=O)O2)cc1[N+](=O)[O-]. The first-order valence-corrected chi connectivity index (χ1v) is 10.4. The first-order valence-electron chi connectivity index (χ1n) is 9.65. The fraction of sp³-hybridized carbons (Fsp3) is 0.0833. The molecule has 8 heteroatoms. The van der Waals surface area contributed by atoms with E-state index in [-0.39, 0.29) is 17.3 Å². The smallest absolute Gasteiger partial charge is 0.363 e. The lowest BCUT2D eigenvalue weighted by Gasteiger charge is -2.09. The lowest BCUT2D eigenvalue weighted by Crippen LogP contribution is -2.06. The Morgan fingerprint density at radius 1 is 1.12 bits per heavy atom. The molecule has 1 aliphatic heterocycles. The number of carbonyl (C=O) groups is 1. The number of halogens is 1. The first-order chi connectivity index (χ1) is 15.4. The summed E-state index contributed by atoms with van der Waals surface area (Å²) in [6, 6.07) is 19.6. The van der Waals surface area contributed by atoms with Gasteiger partial charge in [-0.15, -0.1) is 0 Å².